The second-order valence-corrected chi connectivity index (χ2v) is 6.93. The van der Waals surface area contributed by atoms with Crippen LogP contribution >= 0.6 is 7.75 Å². The third-order valence-electron chi connectivity index (χ3n) is 3.50. The predicted molar refractivity (Wildman–Crippen MR) is 83.3 cm³/mol. The highest BCUT2D eigenvalue weighted by atomic mass is 31.2. The fourth-order valence-electron chi connectivity index (χ4n) is 2.26. The molecule has 1 aromatic carbocycles. The number of carboxylic acid groups (broad SMARTS) is 1. The lowest BCUT2D eigenvalue weighted by molar-refractivity contribution is -0.149. The van der Waals surface area contributed by atoms with E-state index in [1.807, 2.05) is 5.32 Å². The predicted octanol–water partition coefficient (Wildman–Crippen LogP) is 0.714. The molecule has 0 aliphatic carbocycles. The molecule has 1 unspecified atom stereocenters. The average molecular weight is 372 g/mol. The van der Waals surface area contributed by atoms with Gasteiger partial charge in [-0.1, -0.05) is 30.3 Å². The van der Waals surface area contributed by atoms with Crippen LogP contribution in [0.25, 0.3) is 0 Å². The molecule has 1 aliphatic heterocycles. The lowest BCUT2D eigenvalue weighted by atomic mass is 10.0. The Morgan fingerprint density at radius 2 is 1.96 bits per heavy atom. The molecule has 2 amide bonds. The van der Waals surface area contributed by atoms with E-state index in [9.17, 15) is 23.8 Å². The number of hydrogen-bond acceptors (Lipinski definition) is 6. The van der Waals surface area contributed by atoms with Crippen molar-refractivity contribution in [2.45, 2.75) is 25.6 Å². The Bertz CT molecular complexity index is 710. The Kier molecular flexibility index (Phi) is 5.78. The number of carbonyl (C=O) groups is 3. The van der Waals surface area contributed by atoms with Gasteiger partial charge in [-0.3, -0.25) is 9.32 Å². The van der Waals surface area contributed by atoms with Crippen LogP contribution in [0.15, 0.2) is 30.3 Å². The van der Waals surface area contributed by atoms with E-state index in [1.165, 1.54) is 6.92 Å². The van der Waals surface area contributed by atoms with Crippen LogP contribution in [0.4, 0.5) is 4.79 Å². The van der Waals surface area contributed by atoms with Crippen molar-refractivity contribution in [3.05, 3.63) is 35.9 Å². The van der Waals surface area contributed by atoms with Gasteiger partial charge in [0.1, 0.15) is 12.6 Å². The number of benzene rings is 1. The Morgan fingerprint density at radius 1 is 1.32 bits per heavy atom. The second-order valence-electron chi connectivity index (χ2n) is 5.26. The first kappa shape index (κ1) is 18.9. The lowest BCUT2D eigenvalue weighted by Crippen LogP contribution is -2.68. The highest BCUT2D eigenvalue weighted by Gasteiger charge is 2.54. The van der Waals surface area contributed by atoms with Crippen LogP contribution in [0.2, 0.25) is 0 Å². The normalized spacial score (nSPS) is 21.8. The summed E-state index contributed by atoms with van der Waals surface area (Å²) in [6.07, 6.45) is -1.43. The van der Waals surface area contributed by atoms with Gasteiger partial charge in [0.2, 0.25) is 0 Å². The molecule has 0 spiro atoms. The minimum atomic E-state index is -4.59. The van der Waals surface area contributed by atoms with E-state index in [0.29, 0.717) is 4.67 Å². The van der Waals surface area contributed by atoms with E-state index < -0.39 is 44.4 Å². The number of carbonyl (C=O) groups excluding carboxylic acids is 2. The number of hydrogen-bond donors (Lipinski definition) is 3. The molecule has 1 aliphatic rings. The zero-order valence-corrected chi connectivity index (χ0v) is 14.1. The van der Waals surface area contributed by atoms with Crippen molar-refractivity contribution in [1.29, 1.82) is 0 Å². The molecule has 0 bridgehead atoms. The molecule has 25 heavy (non-hydrogen) atoms. The minimum absolute atomic E-state index is 0.0254. The van der Waals surface area contributed by atoms with Crippen molar-refractivity contribution in [2.75, 3.05) is 6.61 Å². The van der Waals surface area contributed by atoms with Crippen LogP contribution < -0.4 is 5.32 Å². The van der Waals surface area contributed by atoms with Gasteiger partial charge in [0.15, 0.2) is 6.61 Å². The van der Waals surface area contributed by atoms with Crippen molar-refractivity contribution in [3.63, 3.8) is 0 Å². The van der Waals surface area contributed by atoms with Gasteiger partial charge in [0.25, 0.3) is 5.91 Å². The molecule has 0 aromatic heterocycles. The summed E-state index contributed by atoms with van der Waals surface area (Å²) in [5.41, 5.74) is 0.733. The first-order valence-electron chi connectivity index (χ1n) is 7.22. The first-order valence-corrected chi connectivity index (χ1v) is 8.75. The number of rotatable bonds is 7. The van der Waals surface area contributed by atoms with Gasteiger partial charge in [0, 0.05) is 0 Å². The van der Waals surface area contributed by atoms with E-state index in [0.717, 1.165) is 5.56 Å². The Morgan fingerprint density at radius 3 is 2.52 bits per heavy atom. The van der Waals surface area contributed by atoms with Crippen LogP contribution in [-0.4, -0.2) is 51.3 Å². The van der Waals surface area contributed by atoms with Crippen molar-refractivity contribution in [2.24, 2.45) is 0 Å². The third-order valence-corrected chi connectivity index (χ3v) is 5.08. The maximum absolute atomic E-state index is 12.1. The topological polar surface area (TPSA) is 142 Å². The molecule has 3 N–H and O–H groups in total. The number of esters is 1. The average Bonchev–Trinajstić information content (AvgIpc) is 2.57. The molecule has 3 atom stereocenters. The van der Waals surface area contributed by atoms with E-state index in [-0.39, 0.29) is 6.61 Å². The van der Waals surface area contributed by atoms with Crippen molar-refractivity contribution < 1.29 is 38.2 Å². The Labute approximate surface area is 142 Å². The standard InChI is InChI=1S/C14H17N2O8P/c1-9-12(15-14(19)20)13(18)16(9)25(21,22)24-8-11(17)23-7-10-5-3-2-4-6-10/h2-6,9,12,15H,7-8H2,1H3,(H,19,20)(H,21,22)/t9-,12-/m0/s1. The van der Waals surface area contributed by atoms with Crippen molar-refractivity contribution >= 4 is 25.7 Å². The van der Waals surface area contributed by atoms with Gasteiger partial charge < -0.3 is 20.1 Å². The van der Waals surface area contributed by atoms with Gasteiger partial charge in [-0.15, -0.1) is 0 Å². The lowest BCUT2D eigenvalue weighted by Gasteiger charge is -2.45. The molecule has 1 aromatic rings. The Hall–Kier alpha value is -2.42. The summed E-state index contributed by atoms with van der Waals surface area (Å²) in [5, 5.41) is 10.5. The van der Waals surface area contributed by atoms with Gasteiger partial charge in [-0.25, -0.2) is 18.8 Å². The molecule has 1 fully saturated rings. The van der Waals surface area contributed by atoms with E-state index in [4.69, 9.17) is 9.84 Å². The summed E-state index contributed by atoms with van der Waals surface area (Å²) in [6.45, 7) is 0.526. The molecule has 2 rings (SSSR count). The maximum Gasteiger partial charge on any atom is 0.435 e. The number of ether oxygens (including phenoxy) is 1. The fraction of sp³-hybridized carbons (Fsp3) is 0.357. The summed E-state index contributed by atoms with van der Waals surface area (Å²) in [4.78, 5) is 43.7. The highest BCUT2D eigenvalue weighted by Crippen LogP contribution is 2.52. The molecule has 10 nitrogen and oxygen atoms in total. The summed E-state index contributed by atoms with van der Waals surface area (Å²) in [7, 11) is -4.59. The quantitative estimate of drug-likeness (QED) is 0.361. The number of amides is 2. The molecule has 1 saturated heterocycles. The van der Waals surface area contributed by atoms with Crippen LogP contribution in [0, 0.1) is 0 Å². The second kappa shape index (κ2) is 7.64. The van der Waals surface area contributed by atoms with Gasteiger partial charge in [-0.2, -0.15) is 0 Å². The van der Waals surface area contributed by atoms with Gasteiger partial charge in [-0.05, 0) is 12.5 Å². The number of nitrogens with one attached hydrogen (secondary N) is 1. The van der Waals surface area contributed by atoms with Gasteiger partial charge in [0.05, 0.1) is 6.04 Å². The zero-order chi connectivity index (χ0) is 18.6. The molecular formula is C14H17N2O8P. The van der Waals surface area contributed by atoms with E-state index in [2.05, 4.69) is 4.52 Å². The largest absolute Gasteiger partial charge is 0.465 e. The highest BCUT2D eigenvalue weighted by molar-refractivity contribution is 7.51. The summed E-state index contributed by atoms with van der Waals surface area (Å²) in [6, 6.07) is 6.78. The smallest absolute Gasteiger partial charge is 0.435 e. The van der Waals surface area contributed by atoms with Crippen LogP contribution in [0.5, 0.6) is 0 Å². The van der Waals surface area contributed by atoms with E-state index >= 15 is 0 Å². The zero-order valence-electron chi connectivity index (χ0n) is 13.2. The molecule has 11 heteroatoms. The number of β-lactam (4-membered cyclic amide) rings is 1. The Balaban J connectivity index is 1.83. The van der Waals surface area contributed by atoms with Gasteiger partial charge >= 0.3 is 19.8 Å². The van der Waals surface area contributed by atoms with Crippen LogP contribution in [-0.2, 0) is 30.0 Å². The maximum atomic E-state index is 12.1. The van der Waals surface area contributed by atoms with E-state index in [1.54, 1.807) is 30.3 Å². The molecule has 0 radical (unpaired) electrons. The summed E-state index contributed by atoms with van der Waals surface area (Å²) >= 11 is 0. The van der Waals surface area contributed by atoms with Crippen LogP contribution in [0.1, 0.15) is 12.5 Å². The summed E-state index contributed by atoms with van der Waals surface area (Å²) < 4.78 is 22.1. The molecule has 136 valence electrons. The fourth-order valence-corrected chi connectivity index (χ4v) is 3.62. The molecule has 1 heterocycles. The summed E-state index contributed by atoms with van der Waals surface area (Å²) in [5.74, 6) is -1.78. The van der Waals surface area contributed by atoms with Crippen LogP contribution in [0.3, 0.4) is 0 Å². The third kappa shape index (κ3) is 4.56. The monoisotopic (exact) mass is 372 g/mol. The molecular weight excluding hydrogens is 355 g/mol. The first-order chi connectivity index (χ1) is 11.7. The SMILES string of the molecule is C[C@H]1[C@H](NC(=O)O)C(=O)N1P(=O)(O)OCC(=O)OCc1ccccc1. The number of nitrogens with zero attached hydrogens (tertiary/aromatic N) is 1. The van der Waals surface area contributed by atoms with Crippen molar-refractivity contribution in [3.8, 4) is 0 Å². The minimum Gasteiger partial charge on any atom is -0.465 e. The van der Waals surface area contributed by atoms with Crippen molar-refractivity contribution in [1.82, 2.24) is 9.99 Å². The molecule has 0 saturated carbocycles.